The van der Waals surface area contributed by atoms with Gasteiger partial charge in [0.05, 0.1) is 12.5 Å². The second kappa shape index (κ2) is 10.5. The van der Waals surface area contributed by atoms with Crippen molar-refractivity contribution in [3.8, 4) is 5.75 Å². The number of benzene rings is 1. The predicted octanol–water partition coefficient (Wildman–Crippen LogP) is 3.33. The van der Waals surface area contributed by atoms with E-state index in [1.807, 2.05) is 12.1 Å². The molecule has 1 N–H and O–H groups in total. The van der Waals surface area contributed by atoms with Crippen molar-refractivity contribution in [2.24, 2.45) is 0 Å². The van der Waals surface area contributed by atoms with E-state index in [-0.39, 0.29) is 24.0 Å². The van der Waals surface area contributed by atoms with Gasteiger partial charge in [-0.3, -0.25) is 9.69 Å². The van der Waals surface area contributed by atoms with Crippen molar-refractivity contribution in [3.63, 3.8) is 0 Å². The number of ketones is 1. The number of hydrogen-bond donors (Lipinski definition) is 1. The molecule has 1 aliphatic heterocycles. The van der Waals surface area contributed by atoms with E-state index in [9.17, 15) is 18.0 Å². The topological polar surface area (TPSA) is 96.4 Å². The molecule has 0 unspecified atom stereocenters. The minimum absolute atomic E-state index is 0.00292. The van der Waals surface area contributed by atoms with Crippen molar-refractivity contribution >= 4 is 28.1 Å². The van der Waals surface area contributed by atoms with Gasteiger partial charge < -0.3 is 15.0 Å². The van der Waals surface area contributed by atoms with Crippen molar-refractivity contribution in [2.75, 3.05) is 37.4 Å². The van der Waals surface area contributed by atoms with Gasteiger partial charge >= 0.3 is 6.36 Å². The normalized spacial score (nSPS) is 17.0. The van der Waals surface area contributed by atoms with Crippen molar-refractivity contribution in [1.29, 1.82) is 0 Å². The molecule has 3 aromatic rings. The van der Waals surface area contributed by atoms with Gasteiger partial charge in [0.2, 0.25) is 5.13 Å². The summed E-state index contributed by atoms with van der Waals surface area (Å²) in [6, 6.07) is 8.61. The largest absolute Gasteiger partial charge is 0.573 e. The molecule has 1 aromatic carbocycles. The van der Waals surface area contributed by atoms with E-state index in [1.54, 1.807) is 31.3 Å². The van der Waals surface area contributed by atoms with Crippen LogP contribution in [0.3, 0.4) is 0 Å². The first-order chi connectivity index (χ1) is 16.7. The number of anilines is 2. The molecule has 2 aromatic heterocycles. The van der Waals surface area contributed by atoms with Crippen LogP contribution in [0.4, 0.5) is 24.1 Å². The number of likely N-dealkylation sites (N-methyl/N-ethyl adjacent to an activating group) is 1. The molecular formula is C22H24F3N7O2S. The zero-order valence-electron chi connectivity index (χ0n) is 19.1. The summed E-state index contributed by atoms with van der Waals surface area (Å²) in [5.41, 5.74) is 0.402. The van der Waals surface area contributed by atoms with Gasteiger partial charge in [-0.2, -0.15) is 5.10 Å². The molecule has 3 heterocycles. The molecule has 0 bridgehead atoms. The number of ether oxygens (including phenoxy) is 1. The molecule has 1 aliphatic rings. The molecule has 4 rings (SSSR count). The molecule has 186 valence electrons. The van der Waals surface area contributed by atoms with Gasteiger partial charge in [-0.25, -0.2) is 0 Å². The fourth-order valence-electron chi connectivity index (χ4n) is 4.01. The van der Waals surface area contributed by atoms with Gasteiger partial charge in [-0.05, 0) is 50.3 Å². The van der Waals surface area contributed by atoms with Gasteiger partial charge in [-0.1, -0.05) is 23.5 Å². The minimum Gasteiger partial charge on any atom is -0.406 e. The number of carbonyl (C=O) groups is 1. The molecular weight excluding hydrogens is 483 g/mol. The summed E-state index contributed by atoms with van der Waals surface area (Å²) in [7, 11) is 3.38. The average molecular weight is 508 g/mol. The highest BCUT2D eigenvalue weighted by Gasteiger charge is 2.32. The van der Waals surface area contributed by atoms with Crippen LogP contribution in [0.25, 0.3) is 0 Å². The van der Waals surface area contributed by atoms with E-state index in [0.717, 1.165) is 25.3 Å². The Morgan fingerprint density at radius 1 is 1.26 bits per heavy atom. The van der Waals surface area contributed by atoms with Crippen molar-refractivity contribution < 1.29 is 22.7 Å². The molecule has 9 nitrogen and oxygen atoms in total. The molecule has 0 spiro atoms. The number of carbonyl (C=O) groups excluding carboxylic acids is 1. The van der Waals surface area contributed by atoms with Crippen LogP contribution in [0.1, 0.15) is 23.0 Å². The van der Waals surface area contributed by atoms with Gasteiger partial charge in [-0.15, -0.1) is 28.5 Å². The summed E-state index contributed by atoms with van der Waals surface area (Å²) in [6.07, 6.45) is -2.28. The van der Waals surface area contributed by atoms with E-state index < -0.39 is 12.4 Å². The van der Waals surface area contributed by atoms with E-state index in [4.69, 9.17) is 0 Å². The van der Waals surface area contributed by atoms with Gasteiger partial charge in [0.25, 0.3) is 0 Å². The third-order valence-electron chi connectivity index (χ3n) is 5.42. The van der Waals surface area contributed by atoms with Crippen molar-refractivity contribution in [1.82, 2.24) is 25.3 Å². The summed E-state index contributed by atoms with van der Waals surface area (Å²) >= 11 is 1.29. The van der Waals surface area contributed by atoms with Crippen LogP contribution >= 0.6 is 11.3 Å². The number of halogens is 3. The van der Waals surface area contributed by atoms with E-state index >= 15 is 0 Å². The maximum atomic E-state index is 13.1. The van der Waals surface area contributed by atoms with Gasteiger partial charge in [0.15, 0.2) is 11.6 Å². The van der Waals surface area contributed by atoms with Gasteiger partial charge in [0.1, 0.15) is 10.8 Å². The first-order valence-corrected chi connectivity index (χ1v) is 11.7. The van der Waals surface area contributed by atoms with Crippen molar-refractivity contribution in [3.05, 3.63) is 53.2 Å². The second-order valence-electron chi connectivity index (χ2n) is 8.29. The van der Waals surface area contributed by atoms with E-state index in [0.29, 0.717) is 15.7 Å². The quantitative estimate of drug-likeness (QED) is 0.468. The molecule has 0 amide bonds. The minimum atomic E-state index is -4.81. The summed E-state index contributed by atoms with van der Waals surface area (Å²) < 4.78 is 41.8. The molecule has 35 heavy (non-hydrogen) atoms. The fourth-order valence-corrected chi connectivity index (χ4v) is 4.83. The Bertz CT molecular complexity index is 1140. The standard InChI is InChI=1S/C22H24F3N7O2S/c1-31(2)20(14-5-3-6-16(11-14)34-22(23,24)25)17(33)12-19-29-30-21(35-19)27-15-8-10-32(13-15)18-7-4-9-26-28-18/h3-7,9,11,15,20H,8,10,12-13H2,1-2H3,(H,27,30)/t15-,20-/m1/s1. The Hall–Kier alpha value is -3.32. The van der Waals surface area contributed by atoms with Crippen LogP contribution in [-0.4, -0.2) is 70.7 Å². The van der Waals surface area contributed by atoms with Crippen LogP contribution in [0.5, 0.6) is 5.75 Å². The number of hydrogen-bond acceptors (Lipinski definition) is 10. The molecule has 1 saturated heterocycles. The molecule has 0 radical (unpaired) electrons. The average Bonchev–Trinajstić information content (AvgIpc) is 3.43. The van der Waals surface area contributed by atoms with Crippen LogP contribution < -0.4 is 15.0 Å². The predicted molar refractivity (Wildman–Crippen MR) is 124 cm³/mol. The third-order valence-corrected chi connectivity index (χ3v) is 6.27. The molecule has 1 fully saturated rings. The number of rotatable bonds is 9. The Morgan fingerprint density at radius 2 is 2.09 bits per heavy atom. The van der Waals surface area contributed by atoms with Crippen LogP contribution in [-0.2, 0) is 11.2 Å². The molecule has 0 aliphatic carbocycles. The summed E-state index contributed by atoms with van der Waals surface area (Å²) in [6.45, 7) is 1.58. The maximum Gasteiger partial charge on any atom is 0.573 e. The molecule has 13 heteroatoms. The number of nitrogens with zero attached hydrogens (tertiary/aromatic N) is 6. The first kappa shape index (κ1) is 24.8. The highest BCUT2D eigenvalue weighted by atomic mass is 32.1. The monoisotopic (exact) mass is 507 g/mol. The summed E-state index contributed by atoms with van der Waals surface area (Å²) in [4.78, 5) is 16.9. The summed E-state index contributed by atoms with van der Waals surface area (Å²) in [5.74, 6) is 0.237. The Balaban J connectivity index is 1.38. The smallest absolute Gasteiger partial charge is 0.406 e. The van der Waals surface area contributed by atoms with Crippen LogP contribution in [0.2, 0.25) is 0 Å². The lowest BCUT2D eigenvalue weighted by atomic mass is 9.99. The second-order valence-corrected chi connectivity index (χ2v) is 9.35. The Kier molecular flexibility index (Phi) is 7.45. The fraction of sp³-hybridized carbons (Fsp3) is 0.409. The third kappa shape index (κ3) is 6.63. The SMILES string of the molecule is CN(C)[C@@H](C(=O)Cc1nnc(N[C@@H]2CCN(c3cccnn3)C2)s1)c1cccc(OC(F)(F)F)c1. The van der Waals surface area contributed by atoms with Crippen LogP contribution in [0, 0.1) is 0 Å². The number of nitrogens with one attached hydrogen (secondary N) is 1. The lowest BCUT2D eigenvalue weighted by Crippen LogP contribution is -2.29. The van der Waals surface area contributed by atoms with E-state index in [2.05, 4.69) is 35.3 Å². The van der Waals surface area contributed by atoms with E-state index in [1.165, 1.54) is 29.5 Å². The summed E-state index contributed by atoms with van der Waals surface area (Å²) in [5, 5.41) is 20.8. The lowest BCUT2D eigenvalue weighted by Gasteiger charge is -2.23. The first-order valence-electron chi connectivity index (χ1n) is 10.8. The maximum absolute atomic E-state index is 13.1. The highest BCUT2D eigenvalue weighted by molar-refractivity contribution is 7.15. The molecule has 2 atom stereocenters. The van der Waals surface area contributed by atoms with Crippen LogP contribution in [0.15, 0.2) is 42.6 Å². The zero-order valence-corrected chi connectivity index (χ0v) is 19.9. The highest BCUT2D eigenvalue weighted by Crippen LogP contribution is 2.29. The molecule has 0 saturated carbocycles. The number of Topliss-reactive ketones (excluding diaryl/α,β-unsaturated/α-hetero) is 1. The number of aromatic nitrogens is 4. The zero-order chi connectivity index (χ0) is 25.0. The van der Waals surface area contributed by atoms with Crippen molar-refractivity contribution in [2.45, 2.75) is 31.3 Å². The Labute approximate surface area is 203 Å². The van der Waals surface area contributed by atoms with Gasteiger partial charge in [0, 0.05) is 25.3 Å². The lowest BCUT2D eigenvalue weighted by molar-refractivity contribution is -0.274. The Morgan fingerprint density at radius 3 is 2.80 bits per heavy atom. The number of alkyl halides is 3.